The normalized spacial score (nSPS) is 11.8. The topological polar surface area (TPSA) is 90.6 Å². The van der Waals surface area contributed by atoms with Gasteiger partial charge in [-0.1, -0.05) is 44.2 Å². The lowest BCUT2D eigenvalue weighted by atomic mass is 10.1. The minimum Gasteiger partial charge on any atom is -0.464 e. The Kier molecular flexibility index (Phi) is 7.99. The number of esters is 1. The largest absolute Gasteiger partial charge is 0.464 e. The molecule has 1 amide bonds. The Balaban J connectivity index is 2.34. The number of carbonyl (C=O) groups excluding carboxylic acids is 2. The van der Waals surface area contributed by atoms with Crippen molar-refractivity contribution in [2.45, 2.75) is 32.9 Å². The number of nitrogens with one attached hydrogen (secondary N) is 1. The van der Waals surface area contributed by atoms with Crippen LogP contribution in [0.2, 0.25) is 0 Å². The molecule has 0 saturated carbocycles. The second-order valence-corrected chi connectivity index (χ2v) is 5.34. The van der Waals surface area contributed by atoms with Crippen molar-refractivity contribution in [1.29, 1.82) is 0 Å². The average Bonchev–Trinajstić information content (AvgIpc) is 2.51. The minimum atomic E-state index is -0.893. The lowest BCUT2D eigenvalue weighted by Crippen LogP contribution is -2.46. The van der Waals surface area contributed by atoms with Crippen LogP contribution in [0.5, 0.6) is 0 Å². The fourth-order valence-corrected chi connectivity index (χ4v) is 1.62. The van der Waals surface area contributed by atoms with Crippen molar-refractivity contribution in [3.63, 3.8) is 0 Å². The summed E-state index contributed by atoms with van der Waals surface area (Å²) in [6, 6.07) is 8.37. The van der Waals surface area contributed by atoms with Crippen LogP contribution in [0.15, 0.2) is 30.3 Å². The van der Waals surface area contributed by atoms with Gasteiger partial charge in [-0.25, -0.2) is 9.59 Å². The van der Waals surface area contributed by atoms with Crippen LogP contribution < -0.4 is 11.1 Å². The molecule has 6 heteroatoms. The van der Waals surface area contributed by atoms with Crippen molar-refractivity contribution >= 4 is 12.1 Å². The number of hydrogen-bond donors (Lipinski definition) is 2. The molecule has 122 valence electrons. The monoisotopic (exact) mass is 308 g/mol. The highest BCUT2D eigenvalue weighted by atomic mass is 16.6. The van der Waals surface area contributed by atoms with Gasteiger partial charge in [0.2, 0.25) is 0 Å². The predicted molar refractivity (Wildman–Crippen MR) is 83.0 cm³/mol. The summed E-state index contributed by atoms with van der Waals surface area (Å²) in [6.45, 7) is 4.47. The number of alkyl carbamates (subject to hydrolysis) is 1. The summed E-state index contributed by atoms with van der Waals surface area (Å²) in [4.78, 5) is 23.5. The van der Waals surface area contributed by atoms with Gasteiger partial charge in [-0.3, -0.25) is 0 Å². The number of carbonyl (C=O) groups is 2. The van der Waals surface area contributed by atoms with Crippen LogP contribution in [0.3, 0.4) is 0 Å². The van der Waals surface area contributed by atoms with Crippen LogP contribution in [0.25, 0.3) is 0 Å². The van der Waals surface area contributed by atoms with E-state index in [0.29, 0.717) is 12.5 Å². The van der Waals surface area contributed by atoms with Crippen molar-refractivity contribution in [3.8, 4) is 0 Å². The quantitative estimate of drug-likeness (QED) is 0.715. The van der Waals surface area contributed by atoms with Crippen LogP contribution in [-0.2, 0) is 20.9 Å². The highest BCUT2D eigenvalue weighted by Gasteiger charge is 2.21. The van der Waals surface area contributed by atoms with E-state index in [4.69, 9.17) is 15.2 Å². The Morgan fingerprint density at radius 3 is 2.45 bits per heavy atom. The Morgan fingerprint density at radius 1 is 1.18 bits per heavy atom. The Labute approximate surface area is 131 Å². The van der Waals surface area contributed by atoms with Crippen LogP contribution in [0.4, 0.5) is 4.79 Å². The van der Waals surface area contributed by atoms with Gasteiger partial charge in [0.1, 0.15) is 12.6 Å². The van der Waals surface area contributed by atoms with E-state index < -0.39 is 18.1 Å². The van der Waals surface area contributed by atoms with Crippen molar-refractivity contribution in [2.75, 3.05) is 13.2 Å². The molecule has 0 radical (unpaired) electrons. The van der Waals surface area contributed by atoms with E-state index in [9.17, 15) is 9.59 Å². The molecular formula is C16H24N2O4. The van der Waals surface area contributed by atoms with Gasteiger partial charge in [-0.05, 0) is 17.9 Å². The lowest BCUT2D eigenvalue weighted by Gasteiger charge is -2.16. The molecule has 22 heavy (non-hydrogen) atoms. The van der Waals surface area contributed by atoms with E-state index in [1.54, 1.807) is 0 Å². The molecule has 1 aromatic carbocycles. The lowest BCUT2D eigenvalue weighted by molar-refractivity contribution is -0.146. The number of ether oxygens (including phenoxy) is 2. The minimum absolute atomic E-state index is 0.0407. The molecular weight excluding hydrogens is 284 g/mol. The zero-order chi connectivity index (χ0) is 16.4. The molecule has 0 saturated heterocycles. The Morgan fingerprint density at radius 2 is 1.86 bits per heavy atom. The molecule has 0 fully saturated rings. The predicted octanol–water partition coefficient (Wildman–Crippen LogP) is 1.83. The smallest absolute Gasteiger partial charge is 0.408 e. The molecule has 0 aliphatic heterocycles. The fourth-order valence-electron chi connectivity index (χ4n) is 1.62. The SMILES string of the molecule is CC(C)CCOC(=O)[C@@H](CN)NC(=O)OCc1ccccc1. The van der Waals surface area contributed by atoms with Gasteiger partial charge < -0.3 is 20.5 Å². The molecule has 1 aromatic rings. The summed E-state index contributed by atoms with van der Waals surface area (Å²) in [5.74, 6) is -0.104. The van der Waals surface area contributed by atoms with Gasteiger partial charge in [-0.2, -0.15) is 0 Å². The molecule has 1 rings (SSSR count). The maximum Gasteiger partial charge on any atom is 0.408 e. The first-order valence-electron chi connectivity index (χ1n) is 7.36. The Hall–Kier alpha value is -2.08. The van der Waals surface area contributed by atoms with Gasteiger partial charge in [0.05, 0.1) is 6.61 Å². The Bertz CT molecular complexity index is 462. The number of hydrogen-bond acceptors (Lipinski definition) is 5. The van der Waals surface area contributed by atoms with Gasteiger partial charge in [0.25, 0.3) is 0 Å². The highest BCUT2D eigenvalue weighted by Crippen LogP contribution is 2.02. The van der Waals surface area contributed by atoms with Crippen molar-refractivity contribution in [2.24, 2.45) is 11.7 Å². The van der Waals surface area contributed by atoms with E-state index in [-0.39, 0.29) is 13.2 Å². The second-order valence-electron chi connectivity index (χ2n) is 5.34. The number of rotatable bonds is 8. The van der Waals surface area contributed by atoms with Crippen LogP contribution in [-0.4, -0.2) is 31.3 Å². The zero-order valence-corrected chi connectivity index (χ0v) is 13.1. The van der Waals surface area contributed by atoms with Crippen molar-refractivity contribution in [3.05, 3.63) is 35.9 Å². The van der Waals surface area contributed by atoms with Gasteiger partial charge >= 0.3 is 12.1 Å². The van der Waals surface area contributed by atoms with Gasteiger partial charge in [0, 0.05) is 6.54 Å². The first-order chi connectivity index (χ1) is 10.5. The molecule has 6 nitrogen and oxygen atoms in total. The van der Waals surface area contributed by atoms with E-state index in [1.807, 2.05) is 44.2 Å². The van der Waals surface area contributed by atoms with Crippen LogP contribution in [0, 0.1) is 5.92 Å². The van der Waals surface area contributed by atoms with E-state index in [2.05, 4.69) is 5.32 Å². The fraction of sp³-hybridized carbons (Fsp3) is 0.500. The van der Waals surface area contributed by atoms with E-state index in [0.717, 1.165) is 12.0 Å². The van der Waals surface area contributed by atoms with Crippen LogP contribution >= 0.6 is 0 Å². The van der Waals surface area contributed by atoms with Crippen molar-refractivity contribution < 1.29 is 19.1 Å². The molecule has 0 aromatic heterocycles. The molecule has 3 N–H and O–H groups in total. The third kappa shape index (κ3) is 7.08. The highest BCUT2D eigenvalue weighted by molar-refractivity contribution is 5.81. The third-order valence-electron chi connectivity index (χ3n) is 2.96. The summed E-state index contributed by atoms with van der Waals surface area (Å²) in [7, 11) is 0. The maximum atomic E-state index is 11.8. The number of amides is 1. The average molecular weight is 308 g/mol. The number of nitrogens with two attached hydrogens (primary N) is 1. The first-order valence-corrected chi connectivity index (χ1v) is 7.36. The van der Waals surface area contributed by atoms with Crippen molar-refractivity contribution in [1.82, 2.24) is 5.32 Å². The third-order valence-corrected chi connectivity index (χ3v) is 2.96. The summed E-state index contributed by atoms with van der Waals surface area (Å²) in [5.41, 5.74) is 6.35. The summed E-state index contributed by atoms with van der Waals surface area (Å²) in [6.07, 6.45) is 0.0710. The van der Waals surface area contributed by atoms with E-state index in [1.165, 1.54) is 0 Å². The standard InChI is InChI=1S/C16H24N2O4/c1-12(2)8-9-21-15(19)14(10-17)18-16(20)22-11-13-6-4-3-5-7-13/h3-7,12,14H,8-11,17H2,1-2H3,(H,18,20)/t14-/m1/s1. The molecule has 0 bridgehead atoms. The molecule has 0 aliphatic carbocycles. The second kappa shape index (κ2) is 9.78. The molecule has 1 atom stereocenters. The summed E-state index contributed by atoms with van der Waals surface area (Å²) in [5, 5.41) is 2.41. The number of benzene rings is 1. The molecule has 0 heterocycles. The molecule has 0 unspecified atom stereocenters. The molecule has 0 spiro atoms. The van der Waals surface area contributed by atoms with E-state index >= 15 is 0 Å². The summed E-state index contributed by atoms with van der Waals surface area (Å²) >= 11 is 0. The van der Waals surface area contributed by atoms with Crippen LogP contribution in [0.1, 0.15) is 25.8 Å². The first kappa shape index (κ1) is 18.0. The van der Waals surface area contributed by atoms with Gasteiger partial charge in [0.15, 0.2) is 0 Å². The summed E-state index contributed by atoms with van der Waals surface area (Å²) < 4.78 is 10.1. The van der Waals surface area contributed by atoms with Gasteiger partial charge in [-0.15, -0.1) is 0 Å². The molecule has 0 aliphatic rings. The zero-order valence-electron chi connectivity index (χ0n) is 13.1. The maximum absolute atomic E-state index is 11.8.